The van der Waals surface area contributed by atoms with Crippen LogP contribution in [0.5, 0.6) is 0 Å². The van der Waals surface area contributed by atoms with Gasteiger partial charge in [-0.25, -0.2) is 4.79 Å². The molecule has 1 N–H and O–H groups in total. The summed E-state index contributed by atoms with van der Waals surface area (Å²) in [5.74, 6) is 0.751. The monoisotopic (exact) mass is 351 g/mol. The van der Waals surface area contributed by atoms with Crippen molar-refractivity contribution in [1.29, 1.82) is 0 Å². The number of hydrogen-bond acceptors (Lipinski definition) is 3. The van der Waals surface area contributed by atoms with Crippen molar-refractivity contribution in [2.75, 3.05) is 26.2 Å². The first-order valence-corrected chi connectivity index (χ1v) is 9.98. The molecule has 3 atom stereocenters. The van der Waals surface area contributed by atoms with E-state index in [9.17, 15) is 14.7 Å². The average molecular weight is 351 g/mol. The zero-order valence-electron chi connectivity index (χ0n) is 15.9. The van der Waals surface area contributed by atoms with Gasteiger partial charge in [0.2, 0.25) is 5.91 Å². The number of carbonyl (C=O) groups excluding carboxylic acids is 1. The van der Waals surface area contributed by atoms with Crippen molar-refractivity contribution in [2.24, 2.45) is 5.92 Å². The third-order valence-electron chi connectivity index (χ3n) is 6.92. The molecule has 3 fully saturated rings. The van der Waals surface area contributed by atoms with Crippen molar-refractivity contribution in [3.8, 4) is 0 Å². The zero-order chi connectivity index (χ0) is 18.2. The van der Waals surface area contributed by atoms with Crippen molar-refractivity contribution < 1.29 is 14.7 Å². The maximum atomic E-state index is 12.3. The summed E-state index contributed by atoms with van der Waals surface area (Å²) < 4.78 is 0. The van der Waals surface area contributed by atoms with Gasteiger partial charge < -0.3 is 10.0 Å². The molecule has 0 aromatic heterocycles. The minimum atomic E-state index is -0.742. The molecular weight excluding hydrogens is 318 g/mol. The number of amides is 2. The highest BCUT2D eigenvalue weighted by molar-refractivity contribution is 5.76. The van der Waals surface area contributed by atoms with E-state index < -0.39 is 6.09 Å². The second kappa shape index (κ2) is 7.14. The number of hydrogen-bond donors (Lipinski definition) is 1. The third kappa shape index (κ3) is 3.25. The summed E-state index contributed by atoms with van der Waals surface area (Å²) >= 11 is 0. The number of piperidine rings is 1. The molecule has 2 bridgehead atoms. The van der Waals surface area contributed by atoms with Crippen molar-refractivity contribution in [3.63, 3.8) is 0 Å². The lowest BCUT2D eigenvalue weighted by molar-refractivity contribution is -0.134. The molecule has 3 saturated heterocycles. The van der Waals surface area contributed by atoms with Crippen LogP contribution in [-0.2, 0) is 4.79 Å². The predicted molar refractivity (Wildman–Crippen MR) is 96.5 cm³/mol. The largest absolute Gasteiger partial charge is 0.465 e. The van der Waals surface area contributed by atoms with Crippen LogP contribution >= 0.6 is 0 Å². The summed E-state index contributed by atoms with van der Waals surface area (Å²) in [5.41, 5.74) is -0.151. The Morgan fingerprint density at radius 1 is 1.16 bits per heavy atom. The minimum absolute atomic E-state index is 0.151. The molecule has 0 radical (unpaired) electrons. The molecule has 6 nitrogen and oxygen atoms in total. The highest BCUT2D eigenvalue weighted by Gasteiger charge is 2.54. The van der Waals surface area contributed by atoms with E-state index in [0.29, 0.717) is 18.4 Å². The van der Waals surface area contributed by atoms with Gasteiger partial charge in [-0.05, 0) is 51.9 Å². The topological polar surface area (TPSA) is 64.1 Å². The molecule has 0 aromatic rings. The molecule has 0 spiro atoms. The van der Waals surface area contributed by atoms with E-state index >= 15 is 0 Å². The molecule has 3 heterocycles. The van der Waals surface area contributed by atoms with Crippen LogP contribution in [0.3, 0.4) is 0 Å². The quantitative estimate of drug-likeness (QED) is 0.799. The van der Waals surface area contributed by atoms with E-state index in [4.69, 9.17) is 0 Å². The molecule has 2 amide bonds. The Kier molecular flexibility index (Phi) is 5.28. The number of fused-ring (bicyclic) bond motifs is 2. The summed E-state index contributed by atoms with van der Waals surface area (Å²) in [5, 5.41) is 9.62. The van der Waals surface area contributed by atoms with E-state index in [2.05, 4.69) is 11.8 Å². The molecule has 3 aliphatic rings. The van der Waals surface area contributed by atoms with E-state index in [0.717, 1.165) is 58.3 Å². The van der Waals surface area contributed by atoms with Crippen molar-refractivity contribution in [1.82, 2.24) is 14.7 Å². The van der Waals surface area contributed by atoms with Gasteiger partial charge in [0, 0.05) is 50.2 Å². The van der Waals surface area contributed by atoms with Gasteiger partial charge in [-0.3, -0.25) is 14.6 Å². The number of likely N-dealkylation sites (tertiary alicyclic amines) is 1. The summed E-state index contributed by atoms with van der Waals surface area (Å²) in [7, 11) is 0. The zero-order valence-corrected chi connectivity index (χ0v) is 15.9. The maximum Gasteiger partial charge on any atom is 0.408 e. The minimum Gasteiger partial charge on any atom is -0.465 e. The summed E-state index contributed by atoms with van der Waals surface area (Å²) in [6, 6.07) is 0.676. The Morgan fingerprint density at radius 2 is 1.84 bits per heavy atom. The van der Waals surface area contributed by atoms with Gasteiger partial charge in [0.25, 0.3) is 0 Å². The van der Waals surface area contributed by atoms with Crippen LogP contribution < -0.4 is 0 Å². The van der Waals surface area contributed by atoms with Crippen LogP contribution in [0.1, 0.15) is 59.3 Å². The van der Waals surface area contributed by atoms with Crippen molar-refractivity contribution >= 4 is 12.0 Å². The fourth-order valence-corrected chi connectivity index (χ4v) is 5.45. The number of nitrogens with zero attached hydrogens (tertiary/aromatic N) is 3. The second-order valence-electron chi connectivity index (χ2n) is 8.11. The molecule has 3 rings (SSSR count). The number of carboxylic acid groups (broad SMARTS) is 1. The smallest absolute Gasteiger partial charge is 0.408 e. The van der Waals surface area contributed by atoms with Crippen LogP contribution in [0.25, 0.3) is 0 Å². The Bertz CT molecular complexity index is 516. The molecule has 142 valence electrons. The summed E-state index contributed by atoms with van der Waals surface area (Å²) in [4.78, 5) is 30.1. The van der Waals surface area contributed by atoms with E-state index in [1.807, 2.05) is 18.7 Å². The predicted octanol–water partition coefficient (Wildman–Crippen LogP) is 2.63. The first-order chi connectivity index (χ1) is 11.9. The highest BCUT2D eigenvalue weighted by atomic mass is 16.4. The fourth-order valence-electron chi connectivity index (χ4n) is 5.45. The molecule has 25 heavy (non-hydrogen) atoms. The van der Waals surface area contributed by atoms with Gasteiger partial charge in [0.15, 0.2) is 0 Å². The van der Waals surface area contributed by atoms with Gasteiger partial charge in [-0.15, -0.1) is 0 Å². The van der Waals surface area contributed by atoms with Gasteiger partial charge in [0.05, 0.1) is 0 Å². The average Bonchev–Trinajstić information content (AvgIpc) is 2.80. The fraction of sp³-hybridized carbons (Fsp3) is 0.895. The Balaban J connectivity index is 1.54. The molecule has 0 aliphatic carbocycles. The van der Waals surface area contributed by atoms with Crippen LogP contribution in [0.2, 0.25) is 0 Å². The van der Waals surface area contributed by atoms with Gasteiger partial charge >= 0.3 is 6.09 Å². The molecule has 3 unspecified atom stereocenters. The van der Waals surface area contributed by atoms with Crippen LogP contribution in [0.4, 0.5) is 4.79 Å². The van der Waals surface area contributed by atoms with Gasteiger partial charge in [0.1, 0.15) is 0 Å². The summed E-state index contributed by atoms with van der Waals surface area (Å²) in [6.45, 7) is 9.77. The third-order valence-corrected chi connectivity index (χ3v) is 6.92. The van der Waals surface area contributed by atoms with Gasteiger partial charge in [-0.1, -0.05) is 6.92 Å². The first kappa shape index (κ1) is 18.5. The molecule has 0 saturated carbocycles. The van der Waals surface area contributed by atoms with E-state index in [-0.39, 0.29) is 17.5 Å². The number of carbonyl (C=O) groups is 2. The number of rotatable bonds is 6. The normalized spacial score (nSPS) is 32.5. The van der Waals surface area contributed by atoms with Crippen LogP contribution in [0.15, 0.2) is 0 Å². The molecular formula is C19H33N3O3. The summed E-state index contributed by atoms with van der Waals surface area (Å²) in [6.07, 6.45) is 4.77. The Hall–Kier alpha value is -1.30. The highest BCUT2D eigenvalue weighted by Crippen LogP contribution is 2.48. The van der Waals surface area contributed by atoms with Crippen LogP contribution in [0, 0.1) is 5.92 Å². The molecule has 3 aliphatic heterocycles. The standard InChI is InChI=1S/C19H33N3O3/c1-4-19-8-7-15(22(19)18(24)25)10-16(11-19)21-12-14(13-21)9-17(23)20(5-2)6-3/h14-16H,4-13H2,1-3H3,(H,24,25). The Labute approximate surface area is 151 Å². The first-order valence-electron chi connectivity index (χ1n) is 9.98. The lowest BCUT2D eigenvalue weighted by Gasteiger charge is -2.53. The van der Waals surface area contributed by atoms with Crippen molar-refractivity contribution in [3.05, 3.63) is 0 Å². The van der Waals surface area contributed by atoms with Gasteiger partial charge in [-0.2, -0.15) is 0 Å². The van der Waals surface area contributed by atoms with Crippen molar-refractivity contribution in [2.45, 2.75) is 76.9 Å². The molecule has 0 aromatic carbocycles. The van der Waals surface area contributed by atoms with Crippen LogP contribution in [-0.4, -0.2) is 75.6 Å². The molecule has 6 heteroatoms. The lowest BCUT2D eigenvalue weighted by Crippen LogP contribution is -2.62. The SMILES string of the molecule is CCN(CC)C(=O)CC1CN(C2CC3CCC(CC)(C2)N3C(=O)O)C1. The van der Waals surface area contributed by atoms with E-state index in [1.54, 1.807) is 4.90 Å². The Morgan fingerprint density at radius 3 is 2.40 bits per heavy atom. The van der Waals surface area contributed by atoms with E-state index in [1.165, 1.54) is 0 Å². The lowest BCUT2D eigenvalue weighted by atomic mass is 9.80. The maximum absolute atomic E-state index is 12.3. The second-order valence-corrected chi connectivity index (χ2v) is 8.11.